The Hall–Kier alpha value is -0.140. The Bertz CT molecular complexity index is 221. The first-order chi connectivity index (χ1) is 5.70. The van der Waals surface area contributed by atoms with Crippen molar-refractivity contribution in [2.75, 3.05) is 0 Å². The number of hydrogen-bond donors (Lipinski definition) is 1. The molecule has 2 atom stereocenters. The smallest absolute Gasteiger partial charge is 0.0595 e. The molecule has 0 amide bonds. The van der Waals surface area contributed by atoms with Crippen LogP contribution in [0.5, 0.6) is 0 Å². The first-order valence-electron chi connectivity index (χ1n) is 4.07. The van der Waals surface area contributed by atoms with Crippen LogP contribution in [-0.4, -0.2) is 5.25 Å². The average Bonchev–Trinajstić information content (AvgIpc) is 2.05. The fourth-order valence-corrected chi connectivity index (χ4v) is 1.85. The molecular formula is C10H13ClS. The number of thiol groups is 1. The highest BCUT2D eigenvalue weighted by molar-refractivity contribution is 7.80. The van der Waals surface area contributed by atoms with Crippen LogP contribution in [-0.2, 0) is 0 Å². The van der Waals surface area contributed by atoms with E-state index in [9.17, 15) is 0 Å². The van der Waals surface area contributed by atoms with Gasteiger partial charge in [0, 0.05) is 5.25 Å². The van der Waals surface area contributed by atoms with Gasteiger partial charge in [-0.25, -0.2) is 0 Å². The lowest BCUT2D eigenvalue weighted by atomic mass is 10.1. The van der Waals surface area contributed by atoms with Gasteiger partial charge in [0.1, 0.15) is 0 Å². The molecular weight excluding hydrogens is 188 g/mol. The van der Waals surface area contributed by atoms with E-state index in [2.05, 4.69) is 19.6 Å². The Kier molecular flexibility index (Phi) is 3.96. The van der Waals surface area contributed by atoms with Crippen molar-refractivity contribution in [1.82, 2.24) is 0 Å². The quantitative estimate of drug-likeness (QED) is 0.559. The van der Waals surface area contributed by atoms with Gasteiger partial charge in [0.05, 0.1) is 5.38 Å². The Labute approximate surface area is 84.3 Å². The van der Waals surface area contributed by atoms with Gasteiger partial charge in [-0.15, -0.1) is 11.6 Å². The molecule has 0 saturated heterocycles. The summed E-state index contributed by atoms with van der Waals surface area (Å²) in [7, 11) is 0. The maximum absolute atomic E-state index is 6.15. The first kappa shape index (κ1) is 9.94. The maximum Gasteiger partial charge on any atom is 0.0595 e. The number of rotatable bonds is 3. The number of halogens is 1. The molecule has 1 aromatic carbocycles. The Balaban J connectivity index is 2.59. The molecule has 0 saturated carbocycles. The molecule has 0 radical (unpaired) electrons. The van der Waals surface area contributed by atoms with Gasteiger partial charge >= 0.3 is 0 Å². The summed E-state index contributed by atoms with van der Waals surface area (Å²) in [5, 5.41) is 0.450. The van der Waals surface area contributed by atoms with Gasteiger partial charge in [0.15, 0.2) is 0 Å². The van der Waals surface area contributed by atoms with Gasteiger partial charge in [-0.3, -0.25) is 0 Å². The molecule has 12 heavy (non-hydrogen) atoms. The van der Waals surface area contributed by atoms with E-state index in [1.807, 2.05) is 30.3 Å². The van der Waals surface area contributed by atoms with Crippen LogP contribution in [0.25, 0.3) is 0 Å². The third-order valence-corrected chi connectivity index (χ3v) is 2.35. The lowest BCUT2D eigenvalue weighted by molar-refractivity contribution is 0.790. The van der Waals surface area contributed by atoms with Gasteiger partial charge < -0.3 is 0 Å². The zero-order valence-electron chi connectivity index (χ0n) is 7.07. The predicted octanol–water partition coefficient (Wildman–Crippen LogP) is 3.67. The fraction of sp³-hybridized carbons (Fsp3) is 0.400. The zero-order chi connectivity index (χ0) is 8.97. The molecule has 1 rings (SSSR count). The van der Waals surface area contributed by atoms with E-state index in [1.165, 1.54) is 5.56 Å². The second kappa shape index (κ2) is 4.78. The highest BCUT2D eigenvalue weighted by Crippen LogP contribution is 2.26. The molecule has 0 nitrogen and oxygen atoms in total. The molecule has 66 valence electrons. The Morgan fingerprint density at radius 1 is 1.33 bits per heavy atom. The fourth-order valence-electron chi connectivity index (χ4n) is 1.10. The predicted molar refractivity (Wildman–Crippen MR) is 58.1 cm³/mol. The van der Waals surface area contributed by atoms with Crippen molar-refractivity contribution in [3.63, 3.8) is 0 Å². The summed E-state index contributed by atoms with van der Waals surface area (Å²) in [5.74, 6) is 0. The molecule has 2 heteroatoms. The second-order valence-electron chi connectivity index (χ2n) is 2.96. The molecule has 1 aromatic rings. The normalized spacial score (nSPS) is 15.6. The zero-order valence-corrected chi connectivity index (χ0v) is 8.72. The highest BCUT2D eigenvalue weighted by atomic mass is 35.5. The minimum atomic E-state index is 0.0960. The molecule has 0 spiro atoms. The van der Waals surface area contributed by atoms with Crippen molar-refractivity contribution >= 4 is 24.2 Å². The van der Waals surface area contributed by atoms with E-state index in [4.69, 9.17) is 11.6 Å². The standard InChI is InChI=1S/C10H13ClS/c1-8(12)7-10(11)9-5-3-2-4-6-9/h2-6,8,10,12H,7H2,1H3. The molecule has 2 unspecified atom stereocenters. The molecule has 0 aliphatic rings. The van der Waals surface area contributed by atoms with Crippen LogP contribution in [0, 0.1) is 0 Å². The summed E-state index contributed by atoms with van der Waals surface area (Å²) >= 11 is 10.5. The largest absolute Gasteiger partial charge is 0.176 e. The summed E-state index contributed by atoms with van der Waals surface area (Å²) < 4.78 is 0. The average molecular weight is 201 g/mol. The maximum atomic E-state index is 6.15. The SMILES string of the molecule is CC(S)CC(Cl)c1ccccc1. The molecule has 0 aliphatic carbocycles. The number of benzene rings is 1. The van der Waals surface area contributed by atoms with E-state index < -0.39 is 0 Å². The number of alkyl halides is 1. The minimum Gasteiger partial charge on any atom is -0.176 e. The van der Waals surface area contributed by atoms with Crippen molar-refractivity contribution in [3.05, 3.63) is 35.9 Å². The summed E-state index contributed by atoms with van der Waals surface area (Å²) in [6.45, 7) is 2.06. The number of hydrogen-bond acceptors (Lipinski definition) is 1. The van der Waals surface area contributed by atoms with Gasteiger partial charge in [-0.05, 0) is 12.0 Å². The molecule has 0 aliphatic heterocycles. The second-order valence-corrected chi connectivity index (χ2v) is 4.37. The summed E-state index contributed by atoms with van der Waals surface area (Å²) in [5.41, 5.74) is 1.18. The van der Waals surface area contributed by atoms with Crippen molar-refractivity contribution in [3.8, 4) is 0 Å². The van der Waals surface area contributed by atoms with E-state index in [0.29, 0.717) is 5.25 Å². The van der Waals surface area contributed by atoms with Gasteiger partial charge in [0.2, 0.25) is 0 Å². The van der Waals surface area contributed by atoms with E-state index in [0.717, 1.165) is 6.42 Å². The topological polar surface area (TPSA) is 0 Å². The van der Waals surface area contributed by atoms with Crippen molar-refractivity contribution in [2.45, 2.75) is 24.0 Å². The third-order valence-electron chi connectivity index (χ3n) is 1.71. The molecule has 0 N–H and O–H groups in total. The van der Waals surface area contributed by atoms with Gasteiger partial charge in [0.25, 0.3) is 0 Å². The molecule has 0 bridgehead atoms. The molecule has 0 fully saturated rings. The van der Waals surface area contributed by atoms with Crippen LogP contribution in [0.15, 0.2) is 30.3 Å². The summed E-state index contributed by atoms with van der Waals surface area (Å²) in [6, 6.07) is 10.1. The lowest BCUT2D eigenvalue weighted by Gasteiger charge is -2.11. The van der Waals surface area contributed by atoms with Crippen LogP contribution in [0.1, 0.15) is 24.3 Å². The monoisotopic (exact) mass is 200 g/mol. The Morgan fingerprint density at radius 3 is 2.42 bits per heavy atom. The van der Waals surface area contributed by atoms with Crippen LogP contribution in [0.4, 0.5) is 0 Å². The van der Waals surface area contributed by atoms with Crippen molar-refractivity contribution < 1.29 is 0 Å². The molecule has 0 aromatic heterocycles. The Morgan fingerprint density at radius 2 is 1.92 bits per heavy atom. The van der Waals surface area contributed by atoms with Crippen molar-refractivity contribution in [1.29, 1.82) is 0 Å². The van der Waals surface area contributed by atoms with E-state index in [1.54, 1.807) is 0 Å². The van der Waals surface area contributed by atoms with E-state index >= 15 is 0 Å². The van der Waals surface area contributed by atoms with Crippen molar-refractivity contribution in [2.24, 2.45) is 0 Å². The summed E-state index contributed by atoms with van der Waals surface area (Å²) in [6.07, 6.45) is 0.911. The van der Waals surface area contributed by atoms with Crippen LogP contribution < -0.4 is 0 Å². The lowest BCUT2D eigenvalue weighted by Crippen LogP contribution is -1.98. The van der Waals surface area contributed by atoms with Crippen LogP contribution in [0.3, 0.4) is 0 Å². The first-order valence-corrected chi connectivity index (χ1v) is 5.02. The van der Waals surface area contributed by atoms with E-state index in [-0.39, 0.29) is 5.38 Å². The summed E-state index contributed by atoms with van der Waals surface area (Å²) in [4.78, 5) is 0. The molecule has 0 heterocycles. The van der Waals surface area contributed by atoms with Gasteiger partial charge in [-0.1, -0.05) is 37.3 Å². The van der Waals surface area contributed by atoms with Gasteiger partial charge in [-0.2, -0.15) is 12.6 Å². The van der Waals surface area contributed by atoms with Crippen LogP contribution >= 0.6 is 24.2 Å². The highest BCUT2D eigenvalue weighted by Gasteiger charge is 2.08. The minimum absolute atomic E-state index is 0.0960. The van der Waals surface area contributed by atoms with Crippen LogP contribution in [0.2, 0.25) is 0 Å². The third kappa shape index (κ3) is 3.08.